The van der Waals surface area contributed by atoms with Crippen LogP contribution in [0.2, 0.25) is 0 Å². The second kappa shape index (κ2) is 5.52. The number of fused-ring (bicyclic) bond motifs is 1. The number of hydrogen-bond acceptors (Lipinski definition) is 2. The number of carbonyl (C=O) groups is 1. The lowest BCUT2D eigenvalue weighted by molar-refractivity contribution is -0.132. The Morgan fingerprint density at radius 2 is 2.05 bits per heavy atom. The summed E-state index contributed by atoms with van der Waals surface area (Å²) in [5.41, 5.74) is 0.470. The molecule has 2 fully saturated rings. The summed E-state index contributed by atoms with van der Waals surface area (Å²) >= 11 is 0. The summed E-state index contributed by atoms with van der Waals surface area (Å²) in [5.74, 6) is 0.913. The van der Waals surface area contributed by atoms with Crippen molar-refractivity contribution in [3.63, 3.8) is 0 Å². The van der Waals surface area contributed by atoms with Crippen LogP contribution in [0.5, 0.6) is 0 Å². The maximum absolute atomic E-state index is 13.1. The van der Waals surface area contributed by atoms with Crippen molar-refractivity contribution in [3.8, 4) is 0 Å². The van der Waals surface area contributed by atoms with Crippen molar-refractivity contribution >= 4 is 5.91 Å². The molecule has 3 nitrogen and oxygen atoms in total. The highest BCUT2D eigenvalue weighted by atomic mass is 19.1. The fourth-order valence-corrected chi connectivity index (χ4v) is 3.56. The molecule has 3 unspecified atom stereocenters. The minimum atomic E-state index is -0.918. The first kappa shape index (κ1) is 13.6. The molecule has 0 radical (unpaired) electrons. The summed E-state index contributed by atoms with van der Waals surface area (Å²) in [6.45, 7) is 1.67. The normalized spacial score (nSPS) is 26.6. The third-order valence-corrected chi connectivity index (χ3v) is 4.68. The van der Waals surface area contributed by atoms with Crippen LogP contribution in [0.4, 0.5) is 4.39 Å². The molecule has 3 atom stereocenters. The van der Waals surface area contributed by atoms with E-state index in [1.54, 1.807) is 12.1 Å². The molecular formula is C16H20FNO2. The van der Waals surface area contributed by atoms with Crippen LogP contribution in [0, 0.1) is 17.7 Å². The highest BCUT2D eigenvalue weighted by molar-refractivity contribution is 5.77. The van der Waals surface area contributed by atoms with Gasteiger partial charge in [0.05, 0.1) is 12.5 Å². The second-order valence-electron chi connectivity index (χ2n) is 6.02. The van der Waals surface area contributed by atoms with Crippen molar-refractivity contribution in [2.24, 2.45) is 11.8 Å². The van der Waals surface area contributed by atoms with Crippen LogP contribution in [0.3, 0.4) is 0 Å². The fourth-order valence-electron chi connectivity index (χ4n) is 3.56. The zero-order valence-corrected chi connectivity index (χ0v) is 11.5. The van der Waals surface area contributed by atoms with Crippen molar-refractivity contribution < 1.29 is 14.3 Å². The number of carbonyl (C=O) groups excluding carboxylic acids is 1. The van der Waals surface area contributed by atoms with Crippen LogP contribution >= 0.6 is 0 Å². The van der Waals surface area contributed by atoms with E-state index in [0.717, 1.165) is 13.1 Å². The number of aliphatic hydroxyl groups is 1. The standard InChI is InChI=1S/C16H20FNO2/c17-14-6-2-3-11(7-14)15(19)8-16(20)18-9-12-4-1-5-13(12)10-18/h2-3,6-7,12-13,15,19H,1,4-5,8-10H2. The predicted molar refractivity (Wildman–Crippen MR) is 73.4 cm³/mol. The van der Waals surface area contributed by atoms with Crippen LogP contribution < -0.4 is 0 Å². The Bertz CT molecular complexity index is 493. The summed E-state index contributed by atoms with van der Waals surface area (Å²) in [5, 5.41) is 10.1. The molecule has 4 heteroatoms. The van der Waals surface area contributed by atoms with E-state index in [4.69, 9.17) is 0 Å². The van der Waals surface area contributed by atoms with Crippen LogP contribution in [-0.4, -0.2) is 29.0 Å². The Hall–Kier alpha value is -1.42. The molecule has 1 aliphatic carbocycles. The van der Waals surface area contributed by atoms with Gasteiger partial charge < -0.3 is 10.0 Å². The van der Waals surface area contributed by atoms with E-state index in [1.807, 2.05) is 4.90 Å². The molecule has 1 heterocycles. The van der Waals surface area contributed by atoms with Gasteiger partial charge in [-0.1, -0.05) is 18.6 Å². The minimum Gasteiger partial charge on any atom is -0.388 e. The number of halogens is 1. The third-order valence-electron chi connectivity index (χ3n) is 4.68. The molecular weight excluding hydrogens is 257 g/mol. The van der Waals surface area contributed by atoms with Crippen molar-refractivity contribution in [3.05, 3.63) is 35.6 Å². The lowest BCUT2D eigenvalue weighted by Crippen LogP contribution is -2.30. The van der Waals surface area contributed by atoms with E-state index in [1.165, 1.54) is 31.4 Å². The maximum Gasteiger partial charge on any atom is 0.225 e. The number of amides is 1. The quantitative estimate of drug-likeness (QED) is 0.922. The first-order valence-corrected chi connectivity index (χ1v) is 7.35. The molecule has 20 heavy (non-hydrogen) atoms. The summed E-state index contributed by atoms with van der Waals surface area (Å²) in [6, 6.07) is 5.83. The molecule has 1 N–H and O–H groups in total. The van der Waals surface area contributed by atoms with Crippen molar-refractivity contribution in [1.82, 2.24) is 4.90 Å². The van der Waals surface area contributed by atoms with Gasteiger partial charge in [0.2, 0.25) is 5.91 Å². The van der Waals surface area contributed by atoms with Gasteiger partial charge >= 0.3 is 0 Å². The molecule has 1 amide bonds. The predicted octanol–water partition coefficient (Wildman–Crippen LogP) is 2.51. The van der Waals surface area contributed by atoms with Gasteiger partial charge in [-0.15, -0.1) is 0 Å². The first-order chi connectivity index (χ1) is 9.63. The van der Waals surface area contributed by atoms with Gasteiger partial charge in [-0.2, -0.15) is 0 Å². The van der Waals surface area contributed by atoms with Crippen LogP contribution in [0.25, 0.3) is 0 Å². The Morgan fingerprint density at radius 3 is 2.70 bits per heavy atom. The highest BCUT2D eigenvalue weighted by Crippen LogP contribution is 2.38. The zero-order chi connectivity index (χ0) is 14.1. The van der Waals surface area contributed by atoms with Crippen molar-refractivity contribution in [2.75, 3.05) is 13.1 Å². The number of likely N-dealkylation sites (tertiary alicyclic amines) is 1. The average Bonchev–Trinajstić information content (AvgIpc) is 2.99. The molecule has 1 saturated carbocycles. The van der Waals surface area contributed by atoms with E-state index in [2.05, 4.69) is 0 Å². The Labute approximate surface area is 118 Å². The first-order valence-electron chi connectivity index (χ1n) is 7.35. The maximum atomic E-state index is 13.1. The molecule has 0 aromatic heterocycles. The van der Waals surface area contributed by atoms with E-state index in [0.29, 0.717) is 17.4 Å². The second-order valence-corrected chi connectivity index (χ2v) is 6.02. The monoisotopic (exact) mass is 277 g/mol. The third kappa shape index (κ3) is 2.70. The van der Waals surface area contributed by atoms with Crippen LogP contribution in [-0.2, 0) is 4.79 Å². The molecule has 2 aliphatic rings. The summed E-state index contributed by atoms with van der Waals surface area (Å²) in [4.78, 5) is 14.1. The lowest BCUT2D eigenvalue weighted by Gasteiger charge is -2.19. The van der Waals surface area contributed by atoms with Crippen molar-refractivity contribution in [1.29, 1.82) is 0 Å². The van der Waals surface area contributed by atoms with E-state index >= 15 is 0 Å². The van der Waals surface area contributed by atoms with Gasteiger partial charge in [-0.25, -0.2) is 4.39 Å². The molecule has 0 spiro atoms. The smallest absolute Gasteiger partial charge is 0.225 e. The average molecular weight is 277 g/mol. The summed E-state index contributed by atoms with van der Waals surface area (Å²) in [7, 11) is 0. The van der Waals surface area contributed by atoms with Gasteiger partial charge in [0, 0.05) is 13.1 Å². The van der Waals surface area contributed by atoms with E-state index < -0.39 is 6.10 Å². The van der Waals surface area contributed by atoms with Gasteiger partial charge in [-0.3, -0.25) is 4.79 Å². The lowest BCUT2D eigenvalue weighted by atomic mass is 10.0. The largest absolute Gasteiger partial charge is 0.388 e. The summed E-state index contributed by atoms with van der Waals surface area (Å²) in [6.07, 6.45) is 2.85. The highest BCUT2D eigenvalue weighted by Gasteiger charge is 2.38. The van der Waals surface area contributed by atoms with E-state index in [9.17, 15) is 14.3 Å². The van der Waals surface area contributed by atoms with Gasteiger partial charge in [0.25, 0.3) is 0 Å². The van der Waals surface area contributed by atoms with Gasteiger partial charge in [-0.05, 0) is 42.4 Å². The van der Waals surface area contributed by atoms with Crippen molar-refractivity contribution in [2.45, 2.75) is 31.8 Å². The molecule has 1 aliphatic heterocycles. The Morgan fingerprint density at radius 1 is 1.35 bits per heavy atom. The molecule has 108 valence electrons. The molecule has 1 saturated heterocycles. The van der Waals surface area contributed by atoms with E-state index in [-0.39, 0.29) is 18.1 Å². The number of aliphatic hydroxyl groups excluding tert-OH is 1. The topological polar surface area (TPSA) is 40.5 Å². The van der Waals surface area contributed by atoms with Gasteiger partial charge in [0.15, 0.2) is 0 Å². The molecule has 0 bridgehead atoms. The molecule has 3 rings (SSSR count). The minimum absolute atomic E-state index is 0.0174. The molecule has 1 aromatic carbocycles. The zero-order valence-electron chi connectivity index (χ0n) is 11.5. The Kier molecular flexibility index (Phi) is 3.74. The fraction of sp³-hybridized carbons (Fsp3) is 0.562. The van der Waals surface area contributed by atoms with Crippen LogP contribution in [0.15, 0.2) is 24.3 Å². The summed E-state index contributed by atoms with van der Waals surface area (Å²) < 4.78 is 13.1. The Balaban J connectivity index is 1.59. The molecule has 1 aromatic rings. The number of nitrogens with zero attached hydrogens (tertiary/aromatic N) is 1. The number of benzene rings is 1. The number of hydrogen-bond donors (Lipinski definition) is 1. The number of rotatable bonds is 3. The SMILES string of the molecule is O=C(CC(O)c1cccc(F)c1)N1CC2CCCC2C1. The van der Waals surface area contributed by atoms with Crippen LogP contribution in [0.1, 0.15) is 37.4 Å². The van der Waals surface area contributed by atoms with Gasteiger partial charge in [0.1, 0.15) is 5.82 Å².